The van der Waals surface area contributed by atoms with Crippen LogP contribution >= 0.6 is 0 Å². The van der Waals surface area contributed by atoms with E-state index >= 15 is 0 Å². The van der Waals surface area contributed by atoms with E-state index in [1.165, 1.54) is 18.2 Å². The quantitative estimate of drug-likeness (QED) is 0.395. The van der Waals surface area contributed by atoms with Crippen LogP contribution in [0.5, 0.6) is 5.75 Å². The van der Waals surface area contributed by atoms with Gasteiger partial charge in [0.2, 0.25) is 0 Å². The third-order valence-electron chi connectivity index (χ3n) is 7.17. The zero-order valence-corrected chi connectivity index (χ0v) is 24.2. The number of hydrogen-bond acceptors (Lipinski definition) is 6. The fourth-order valence-electron chi connectivity index (χ4n) is 5.53. The lowest BCUT2D eigenvalue weighted by atomic mass is 9.65. The summed E-state index contributed by atoms with van der Waals surface area (Å²) in [6, 6.07) is 14.0. The normalized spacial score (nSPS) is 22.7. The third-order valence-corrected chi connectivity index (χ3v) is 7.17. The van der Waals surface area contributed by atoms with Crippen LogP contribution in [0, 0.1) is 5.92 Å². The highest BCUT2D eigenvalue weighted by molar-refractivity contribution is 5.97. The van der Waals surface area contributed by atoms with Gasteiger partial charge in [0.1, 0.15) is 17.0 Å². The number of rotatable bonds is 6. The molecule has 10 heteroatoms. The summed E-state index contributed by atoms with van der Waals surface area (Å²) in [6.45, 7) is 9.16. The number of hydroxylamine groups is 1. The maximum absolute atomic E-state index is 13.5. The number of amides is 1. The number of esters is 1. The molecule has 0 aromatic heterocycles. The lowest BCUT2D eigenvalue weighted by Crippen LogP contribution is -2.47. The van der Waals surface area contributed by atoms with E-state index in [9.17, 15) is 22.8 Å². The van der Waals surface area contributed by atoms with Crippen LogP contribution in [0.3, 0.4) is 0 Å². The Labute approximate surface area is 238 Å². The summed E-state index contributed by atoms with van der Waals surface area (Å²) in [5.74, 6) is -2.78. The van der Waals surface area contributed by atoms with Crippen molar-refractivity contribution in [3.63, 3.8) is 0 Å². The van der Waals surface area contributed by atoms with Gasteiger partial charge < -0.3 is 14.4 Å². The van der Waals surface area contributed by atoms with E-state index in [-0.39, 0.29) is 17.8 Å². The molecule has 3 atom stereocenters. The minimum Gasteiger partial charge on any atom is -0.490 e. The number of hydrogen-bond donors (Lipinski definition) is 1. The van der Waals surface area contributed by atoms with Gasteiger partial charge >= 0.3 is 18.1 Å². The predicted molar refractivity (Wildman–Crippen MR) is 149 cm³/mol. The molecule has 1 spiro atoms. The average Bonchev–Trinajstić information content (AvgIpc) is 3.30. The van der Waals surface area contributed by atoms with Crippen LogP contribution < -0.4 is 15.1 Å². The van der Waals surface area contributed by atoms with Crippen LogP contribution in [-0.4, -0.2) is 42.4 Å². The second-order valence-corrected chi connectivity index (χ2v) is 11.8. The van der Waals surface area contributed by atoms with Gasteiger partial charge in [0.05, 0.1) is 17.7 Å². The Morgan fingerprint density at radius 1 is 1.10 bits per heavy atom. The molecule has 1 aliphatic heterocycles. The van der Waals surface area contributed by atoms with Crippen molar-refractivity contribution in [3.8, 4) is 5.75 Å². The molecule has 1 unspecified atom stereocenters. The Morgan fingerprint density at radius 2 is 1.78 bits per heavy atom. The second-order valence-electron chi connectivity index (χ2n) is 11.8. The second kappa shape index (κ2) is 11.4. The summed E-state index contributed by atoms with van der Waals surface area (Å²) in [7, 11) is 1.07. The first-order valence-electron chi connectivity index (χ1n) is 13.7. The number of ether oxygens (including phenoxy) is 2. The maximum atomic E-state index is 13.5. The topological polar surface area (TPSA) is 77.1 Å². The molecular weight excluding hydrogens is 537 g/mol. The van der Waals surface area contributed by atoms with Crippen LogP contribution in [0.15, 0.2) is 54.6 Å². The van der Waals surface area contributed by atoms with Crippen LogP contribution in [0.4, 0.5) is 18.9 Å². The third kappa shape index (κ3) is 6.69. The molecule has 41 heavy (non-hydrogen) atoms. The van der Waals surface area contributed by atoms with Gasteiger partial charge in [0, 0.05) is 24.2 Å². The highest BCUT2D eigenvalue weighted by Crippen LogP contribution is 2.51. The zero-order chi connectivity index (χ0) is 30.2. The number of nitrogens with one attached hydrogen (secondary N) is 1. The Kier molecular flexibility index (Phi) is 8.45. The maximum Gasteiger partial charge on any atom is 0.471 e. The van der Waals surface area contributed by atoms with E-state index in [1.54, 1.807) is 0 Å². The summed E-state index contributed by atoms with van der Waals surface area (Å²) < 4.78 is 51.4. The number of nitrogens with zero attached hydrogens (tertiary/aromatic N) is 1. The lowest BCUT2D eigenvalue weighted by Gasteiger charge is -2.43. The van der Waals surface area contributed by atoms with Gasteiger partial charge in [0.15, 0.2) is 0 Å². The van der Waals surface area contributed by atoms with Gasteiger partial charge in [-0.05, 0) is 83.7 Å². The first kappa shape index (κ1) is 30.4. The molecule has 7 nitrogen and oxygen atoms in total. The highest BCUT2D eigenvalue weighted by atomic mass is 19.4. The number of halogens is 3. The highest BCUT2D eigenvalue weighted by Gasteiger charge is 2.53. The van der Waals surface area contributed by atoms with Gasteiger partial charge in [-0.3, -0.25) is 19.9 Å². The van der Waals surface area contributed by atoms with Crippen LogP contribution in [-0.2, 0) is 19.2 Å². The van der Waals surface area contributed by atoms with Crippen molar-refractivity contribution in [2.45, 2.75) is 83.3 Å². The lowest BCUT2D eigenvalue weighted by molar-refractivity contribution is -0.170. The Morgan fingerprint density at radius 3 is 2.39 bits per heavy atom. The smallest absolute Gasteiger partial charge is 0.471 e. The van der Waals surface area contributed by atoms with Gasteiger partial charge in [0.25, 0.3) is 0 Å². The molecule has 4 rings (SSSR count). The van der Waals surface area contributed by atoms with E-state index < -0.39 is 35.1 Å². The van der Waals surface area contributed by atoms with Gasteiger partial charge in [-0.25, -0.2) is 0 Å². The monoisotopic (exact) mass is 574 g/mol. The first-order chi connectivity index (χ1) is 19.1. The van der Waals surface area contributed by atoms with E-state index in [1.807, 2.05) is 71.0 Å². The molecule has 222 valence electrons. The number of carbonyl (C=O) groups excluding carboxylic acids is 2. The first-order valence-corrected chi connectivity index (χ1v) is 13.7. The van der Waals surface area contributed by atoms with Crippen molar-refractivity contribution in [2.24, 2.45) is 5.92 Å². The van der Waals surface area contributed by atoms with E-state index in [0.717, 1.165) is 12.6 Å². The van der Waals surface area contributed by atoms with Crippen LogP contribution in [0.2, 0.25) is 0 Å². The van der Waals surface area contributed by atoms with E-state index in [0.29, 0.717) is 41.2 Å². The molecule has 2 aliphatic rings. The molecule has 0 bridgehead atoms. The van der Waals surface area contributed by atoms with Crippen molar-refractivity contribution in [1.82, 2.24) is 5.48 Å². The average molecular weight is 575 g/mol. The SMILES string of the molecule is CC(C)Oc1ccc(N(C)C(=O)C(F)(F)F)cc1C1=C[C@]2(CCCC(C(=O)OC(C)(C)C)[C@H]2c2ccccc2)ON1. The molecule has 1 heterocycles. The largest absolute Gasteiger partial charge is 0.490 e. The standard InChI is InChI=1S/C31H37F3N2O5/c1-19(2)39-25-15-14-21(36(6)28(38)31(32,33)34)17-23(25)24-18-30(41-35-24)16-10-13-22(27(37)40-29(3,4)5)26(30)20-11-8-7-9-12-20/h7-9,11-12,14-15,17-19,22,26,35H,10,13,16H2,1-6H3/t22?,26-,30+/m1/s1. The number of carbonyl (C=O) groups is 2. The molecule has 1 N–H and O–H groups in total. The number of alkyl halides is 3. The number of anilines is 1. The summed E-state index contributed by atoms with van der Waals surface area (Å²) in [4.78, 5) is 32.3. The summed E-state index contributed by atoms with van der Waals surface area (Å²) in [5.41, 5.74) is 3.22. The fourth-order valence-corrected chi connectivity index (χ4v) is 5.53. The van der Waals surface area contributed by atoms with Crippen molar-refractivity contribution in [1.29, 1.82) is 0 Å². The molecular formula is C31H37F3N2O5. The Balaban J connectivity index is 1.80. The molecule has 0 radical (unpaired) electrons. The van der Waals surface area contributed by atoms with E-state index in [4.69, 9.17) is 14.3 Å². The molecule has 1 amide bonds. The molecule has 1 aliphatic carbocycles. The molecule has 0 saturated heterocycles. The van der Waals surface area contributed by atoms with Gasteiger partial charge in [-0.15, -0.1) is 0 Å². The molecule has 1 saturated carbocycles. The van der Waals surface area contributed by atoms with Gasteiger partial charge in [-0.2, -0.15) is 13.2 Å². The Hall–Kier alpha value is -3.53. The van der Waals surface area contributed by atoms with Crippen molar-refractivity contribution in [3.05, 3.63) is 65.7 Å². The Bertz CT molecular complexity index is 1300. The summed E-state index contributed by atoms with van der Waals surface area (Å²) in [5, 5.41) is 0. The van der Waals surface area contributed by atoms with Gasteiger partial charge in [-0.1, -0.05) is 30.3 Å². The molecule has 2 aromatic rings. The minimum absolute atomic E-state index is 0.0389. The molecule has 2 aromatic carbocycles. The van der Waals surface area contributed by atoms with Crippen molar-refractivity contribution in [2.75, 3.05) is 11.9 Å². The number of benzene rings is 2. The van der Waals surface area contributed by atoms with Crippen LogP contribution in [0.1, 0.15) is 70.9 Å². The van der Waals surface area contributed by atoms with Crippen LogP contribution in [0.25, 0.3) is 5.70 Å². The van der Waals surface area contributed by atoms with Crippen molar-refractivity contribution >= 4 is 23.3 Å². The fraction of sp³-hybridized carbons (Fsp3) is 0.484. The minimum atomic E-state index is -5.03. The van der Waals surface area contributed by atoms with Crippen molar-refractivity contribution < 1.29 is 37.1 Å². The van der Waals surface area contributed by atoms with E-state index in [2.05, 4.69) is 5.48 Å². The molecule has 1 fully saturated rings. The summed E-state index contributed by atoms with van der Waals surface area (Å²) in [6.07, 6.45) is -1.47. The zero-order valence-electron chi connectivity index (χ0n) is 24.2. The predicted octanol–water partition coefficient (Wildman–Crippen LogP) is 6.54. The summed E-state index contributed by atoms with van der Waals surface area (Å²) >= 11 is 0.